The van der Waals surface area contributed by atoms with Crippen molar-refractivity contribution in [2.24, 2.45) is 5.92 Å². The number of amides is 1. The Hall–Kier alpha value is -2.19. The lowest BCUT2D eigenvalue weighted by Crippen LogP contribution is -2.62. The van der Waals surface area contributed by atoms with Gasteiger partial charge in [-0.3, -0.25) is 14.5 Å². The second kappa shape index (κ2) is 7.44. The smallest absolute Gasteiger partial charge is 0.284 e. The molecule has 0 unspecified atom stereocenters. The molecule has 3 saturated heterocycles. The highest BCUT2D eigenvalue weighted by Crippen LogP contribution is 2.32. The van der Waals surface area contributed by atoms with Gasteiger partial charge in [0.25, 0.3) is 17.0 Å². The van der Waals surface area contributed by atoms with Gasteiger partial charge in [0.2, 0.25) is 5.78 Å². The monoisotopic (exact) mass is 386 g/mol. The van der Waals surface area contributed by atoms with Crippen molar-refractivity contribution in [2.45, 2.75) is 48.9 Å². The molecule has 142 valence electrons. The second-order valence-electron chi connectivity index (χ2n) is 7.17. The summed E-state index contributed by atoms with van der Waals surface area (Å²) in [6, 6.07) is 7.90. The molecule has 2 aromatic rings. The molecule has 8 heteroatoms. The fourth-order valence-corrected chi connectivity index (χ4v) is 4.62. The highest BCUT2D eigenvalue weighted by atomic mass is 32.2. The zero-order valence-electron chi connectivity index (χ0n) is 15.3. The van der Waals surface area contributed by atoms with Crippen LogP contribution in [-0.4, -0.2) is 52.0 Å². The number of carbonyl (C=O) groups excluding carboxylic acids is 2. The van der Waals surface area contributed by atoms with Gasteiger partial charge in [-0.05, 0) is 74.8 Å². The Balaban J connectivity index is 1.39. The Labute approximate surface area is 161 Å². The van der Waals surface area contributed by atoms with Crippen LogP contribution in [0.1, 0.15) is 47.7 Å². The molecule has 7 nitrogen and oxygen atoms in total. The van der Waals surface area contributed by atoms with E-state index in [1.165, 1.54) is 18.7 Å². The number of nitrogens with one attached hydrogen (secondary N) is 1. The van der Waals surface area contributed by atoms with Crippen molar-refractivity contribution >= 4 is 23.5 Å². The van der Waals surface area contributed by atoms with E-state index >= 15 is 0 Å². The molecule has 4 heterocycles. The van der Waals surface area contributed by atoms with Crippen molar-refractivity contribution in [3.05, 3.63) is 35.7 Å². The van der Waals surface area contributed by atoms with E-state index < -0.39 is 0 Å². The number of ketones is 1. The van der Waals surface area contributed by atoms with Crippen LogP contribution in [0.5, 0.6) is 0 Å². The molecule has 3 aliphatic heterocycles. The number of benzene rings is 1. The molecule has 1 amide bonds. The van der Waals surface area contributed by atoms with Crippen LogP contribution >= 0.6 is 11.8 Å². The van der Waals surface area contributed by atoms with Crippen LogP contribution < -0.4 is 5.32 Å². The first-order chi connectivity index (χ1) is 13.0. The number of hydrogen-bond donors (Lipinski definition) is 1. The van der Waals surface area contributed by atoms with Crippen LogP contribution in [0.2, 0.25) is 0 Å². The molecule has 5 rings (SSSR count). The summed E-state index contributed by atoms with van der Waals surface area (Å²) < 4.78 is 5.27. The maximum atomic E-state index is 12.7. The zero-order valence-corrected chi connectivity index (χ0v) is 16.2. The molecule has 0 spiro atoms. The molecular weight excluding hydrogens is 364 g/mol. The Morgan fingerprint density at radius 3 is 2.48 bits per heavy atom. The maximum absolute atomic E-state index is 12.7. The Kier molecular flexibility index (Phi) is 5.01. The Bertz CT molecular complexity index is 841. The largest absolute Gasteiger partial charge is 0.408 e. The summed E-state index contributed by atoms with van der Waals surface area (Å²) in [6.45, 7) is 5.87. The van der Waals surface area contributed by atoms with Crippen LogP contribution in [0.25, 0.3) is 0 Å². The van der Waals surface area contributed by atoms with E-state index in [-0.39, 0.29) is 23.6 Å². The number of aromatic nitrogens is 2. The molecular formula is C19H22N4O3S. The summed E-state index contributed by atoms with van der Waals surface area (Å²) in [6.07, 6.45) is 2.33. The number of carbonyl (C=O) groups is 2. The summed E-state index contributed by atoms with van der Waals surface area (Å²) >= 11 is 1.26. The van der Waals surface area contributed by atoms with Crippen molar-refractivity contribution in [3.8, 4) is 0 Å². The van der Waals surface area contributed by atoms with Gasteiger partial charge in [0, 0.05) is 29.5 Å². The van der Waals surface area contributed by atoms with Crippen LogP contribution in [0.3, 0.4) is 0 Å². The summed E-state index contributed by atoms with van der Waals surface area (Å²) in [4.78, 5) is 27.2. The summed E-state index contributed by atoms with van der Waals surface area (Å²) in [5, 5.41) is 11.1. The molecule has 0 aliphatic carbocycles. The highest BCUT2D eigenvalue weighted by molar-refractivity contribution is 7.99. The van der Waals surface area contributed by atoms with Crippen LogP contribution in [-0.2, 0) is 0 Å². The van der Waals surface area contributed by atoms with Crippen molar-refractivity contribution in [1.82, 2.24) is 20.4 Å². The lowest BCUT2D eigenvalue weighted by molar-refractivity contribution is 0.0217. The minimum atomic E-state index is -0.261. The first-order valence-corrected chi connectivity index (χ1v) is 10.00. The number of fused-ring (bicyclic) bond motifs is 3. The first-order valence-electron chi connectivity index (χ1n) is 9.18. The highest BCUT2D eigenvalue weighted by Gasteiger charge is 2.40. The standard InChI is InChI=1S/C19H22N4O3S/c1-11-16(13-7-9-23(11)10-8-13)20-17(25)14-3-5-15(6-4-14)27-19-22-21-18(26-19)12(2)24/h3-6,11,13,16H,7-10H2,1-2H3,(H,20,25)/t11-,16+/m1/s1. The number of piperidine rings is 3. The van der Waals surface area contributed by atoms with E-state index in [1.807, 2.05) is 12.1 Å². The molecule has 2 bridgehead atoms. The van der Waals surface area contributed by atoms with Crippen LogP contribution in [0.15, 0.2) is 38.8 Å². The molecule has 0 saturated carbocycles. The minimum Gasteiger partial charge on any atom is -0.408 e. The van der Waals surface area contributed by atoms with Gasteiger partial charge < -0.3 is 9.73 Å². The maximum Gasteiger partial charge on any atom is 0.284 e. The van der Waals surface area contributed by atoms with E-state index in [4.69, 9.17) is 4.42 Å². The minimum absolute atomic E-state index is 0.000128. The molecule has 1 aromatic heterocycles. The SMILES string of the molecule is CC(=O)c1nnc(Sc2ccc(C(=O)N[C@@H]3C4CCN(CC4)[C@@H]3C)cc2)o1. The zero-order chi connectivity index (χ0) is 19.0. The Morgan fingerprint density at radius 2 is 1.89 bits per heavy atom. The fraction of sp³-hybridized carbons (Fsp3) is 0.474. The quantitative estimate of drug-likeness (QED) is 0.790. The van der Waals surface area contributed by atoms with Gasteiger partial charge in [-0.1, -0.05) is 0 Å². The molecule has 3 aliphatic rings. The number of rotatable bonds is 5. The summed E-state index contributed by atoms with van der Waals surface area (Å²) in [7, 11) is 0. The van der Waals surface area contributed by atoms with Gasteiger partial charge in [-0.2, -0.15) is 0 Å². The van der Waals surface area contributed by atoms with Gasteiger partial charge in [0.15, 0.2) is 0 Å². The van der Waals surface area contributed by atoms with Crippen molar-refractivity contribution in [3.63, 3.8) is 0 Å². The van der Waals surface area contributed by atoms with E-state index in [2.05, 4.69) is 27.3 Å². The van der Waals surface area contributed by atoms with Gasteiger partial charge >= 0.3 is 0 Å². The summed E-state index contributed by atoms with van der Waals surface area (Å²) in [5.41, 5.74) is 0.637. The third-order valence-electron chi connectivity index (χ3n) is 5.50. The van der Waals surface area contributed by atoms with Crippen LogP contribution in [0.4, 0.5) is 0 Å². The van der Waals surface area contributed by atoms with Gasteiger partial charge in [-0.15, -0.1) is 10.2 Å². The normalized spacial score (nSPS) is 26.7. The number of hydrogen-bond acceptors (Lipinski definition) is 7. The molecule has 3 fully saturated rings. The van der Waals surface area contributed by atoms with E-state index in [1.54, 1.807) is 12.1 Å². The molecule has 1 aromatic carbocycles. The number of nitrogens with zero attached hydrogens (tertiary/aromatic N) is 3. The topological polar surface area (TPSA) is 88.3 Å². The lowest BCUT2D eigenvalue weighted by atomic mass is 9.79. The van der Waals surface area contributed by atoms with Crippen LogP contribution in [0, 0.1) is 5.92 Å². The second-order valence-corrected chi connectivity index (χ2v) is 8.19. The third kappa shape index (κ3) is 3.77. The molecule has 1 N–H and O–H groups in total. The van der Waals surface area contributed by atoms with Gasteiger partial charge in [-0.25, -0.2) is 0 Å². The van der Waals surface area contributed by atoms with E-state index in [9.17, 15) is 9.59 Å². The molecule has 27 heavy (non-hydrogen) atoms. The predicted molar refractivity (Wildman–Crippen MR) is 99.9 cm³/mol. The van der Waals surface area contributed by atoms with Crippen molar-refractivity contribution in [1.29, 1.82) is 0 Å². The van der Waals surface area contributed by atoms with Gasteiger partial charge in [0.1, 0.15) is 0 Å². The van der Waals surface area contributed by atoms with Crippen molar-refractivity contribution < 1.29 is 14.0 Å². The summed E-state index contributed by atoms with van der Waals surface area (Å²) in [5.74, 6) is 0.286. The average Bonchev–Trinajstić information content (AvgIpc) is 3.14. The average molecular weight is 386 g/mol. The lowest BCUT2D eigenvalue weighted by Gasteiger charge is -2.49. The number of Topliss-reactive ketones (excluding diaryl/α,β-unsaturated/α-hetero) is 1. The predicted octanol–water partition coefficient (Wildman–Crippen LogP) is 2.64. The van der Waals surface area contributed by atoms with Gasteiger partial charge in [0.05, 0.1) is 0 Å². The fourth-order valence-electron chi connectivity index (χ4n) is 3.95. The Morgan fingerprint density at radius 1 is 1.19 bits per heavy atom. The molecule has 2 atom stereocenters. The van der Waals surface area contributed by atoms with E-state index in [0.29, 0.717) is 22.7 Å². The van der Waals surface area contributed by atoms with E-state index in [0.717, 1.165) is 30.8 Å². The molecule has 0 radical (unpaired) electrons. The third-order valence-corrected chi connectivity index (χ3v) is 6.35. The first kappa shape index (κ1) is 18.2. The van der Waals surface area contributed by atoms with Crippen molar-refractivity contribution in [2.75, 3.05) is 13.1 Å².